The summed E-state index contributed by atoms with van der Waals surface area (Å²) in [5.41, 5.74) is 3.64. The number of ether oxygens (including phenoxy) is 1. The van der Waals surface area contributed by atoms with Gasteiger partial charge < -0.3 is 14.7 Å². The molecule has 1 N–H and O–H groups in total. The van der Waals surface area contributed by atoms with E-state index in [-0.39, 0.29) is 6.42 Å². The van der Waals surface area contributed by atoms with Crippen LogP contribution in [-0.4, -0.2) is 31.3 Å². The summed E-state index contributed by atoms with van der Waals surface area (Å²) in [6, 6.07) is 6.26. The lowest BCUT2D eigenvalue weighted by Gasteiger charge is -2.18. The third-order valence-corrected chi connectivity index (χ3v) is 3.04. The monoisotopic (exact) mass is 235 g/mol. The molecule has 0 fully saturated rings. The van der Waals surface area contributed by atoms with E-state index >= 15 is 0 Å². The Morgan fingerprint density at radius 1 is 1.53 bits per heavy atom. The van der Waals surface area contributed by atoms with Gasteiger partial charge in [0.2, 0.25) is 0 Å². The molecule has 0 saturated heterocycles. The van der Waals surface area contributed by atoms with Crippen molar-refractivity contribution in [2.45, 2.75) is 19.4 Å². The number of benzene rings is 1. The number of methoxy groups -OCH3 is 1. The van der Waals surface area contributed by atoms with Crippen LogP contribution in [0.2, 0.25) is 0 Å². The summed E-state index contributed by atoms with van der Waals surface area (Å²) in [6.07, 6.45) is 1.19. The van der Waals surface area contributed by atoms with Crippen LogP contribution in [0.15, 0.2) is 18.2 Å². The van der Waals surface area contributed by atoms with E-state index in [1.165, 1.54) is 16.8 Å². The van der Waals surface area contributed by atoms with Crippen LogP contribution in [0.4, 0.5) is 5.69 Å². The minimum atomic E-state index is -0.741. The summed E-state index contributed by atoms with van der Waals surface area (Å²) >= 11 is 0. The third kappa shape index (κ3) is 2.77. The van der Waals surface area contributed by atoms with E-state index in [1.54, 1.807) is 7.11 Å². The zero-order valence-corrected chi connectivity index (χ0v) is 9.98. The summed E-state index contributed by atoms with van der Waals surface area (Å²) in [5, 5.41) is 8.69. The van der Waals surface area contributed by atoms with E-state index in [2.05, 4.69) is 17.0 Å². The van der Waals surface area contributed by atoms with Gasteiger partial charge in [0.1, 0.15) is 0 Å². The predicted octanol–water partition coefficient (Wildman–Crippen LogP) is 1.67. The molecule has 1 aliphatic rings. The SMILES string of the molecule is COCc1ccc2c(c1)CCN2CCC(=O)O. The third-order valence-electron chi connectivity index (χ3n) is 3.04. The first kappa shape index (κ1) is 11.9. The lowest BCUT2D eigenvalue weighted by molar-refractivity contribution is -0.136. The molecule has 0 aliphatic carbocycles. The van der Waals surface area contributed by atoms with Crippen molar-refractivity contribution < 1.29 is 14.6 Å². The molecule has 1 aliphatic heterocycles. The number of carboxylic acid groups (broad SMARTS) is 1. The Hall–Kier alpha value is -1.55. The first-order valence-corrected chi connectivity index (χ1v) is 5.78. The second-order valence-corrected chi connectivity index (χ2v) is 4.28. The van der Waals surface area contributed by atoms with Crippen LogP contribution in [0.1, 0.15) is 17.5 Å². The number of rotatable bonds is 5. The van der Waals surface area contributed by atoms with Crippen molar-refractivity contribution in [2.75, 3.05) is 25.1 Å². The molecule has 17 heavy (non-hydrogen) atoms. The number of carbonyl (C=O) groups is 1. The molecule has 1 aromatic carbocycles. The Morgan fingerprint density at radius 3 is 3.06 bits per heavy atom. The molecule has 0 atom stereocenters. The molecule has 0 saturated carbocycles. The molecule has 0 spiro atoms. The number of hydrogen-bond donors (Lipinski definition) is 1. The number of aliphatic carboxylic acids is 1. The summed E-state index contributed by atoms with van der Waals surface area (Å²) in [5.74, 6) is -0.741. The Labute approximate surface area is 101 Å². The van der Waals surface area contributed by atoms with Crippen LogP contribution < -0.4 is 4.90 Å². The molecule has 1 heterocycles. The maximum atomic E-state index is 10.6. The minimum Gasteiger partial charge on any atom is -0.481 e. The summed E-state index contributed by atoms with van der Waals surface area (Å²) in [6.45, 7) is 2.13. The Kier molecular flexibility index (Phi) is 3.64. The van der Waals surface area contributed by atoms with E-state index in [1.807, 2.05) is 6.07 Å². The zero-order valence-electron chi connectivity index (χ0n) is 9.98. The second-order valence-electron chi connectivity index (χ2n) is 4.28. The van der Waals surface area contributed by atoms with Gasteiger partial charge >= 0.3 is 5.97 Å². The van der Waals surface area contributed by atoms with Gasteiger partial charge in [0.25, 0.3) is 0 Å². The average molecular weight is 235 g/mol. The second kappa shape index (κ2) is 5.19. The topological polar surface area (TPSA) is 49.8 Å². The molecular formula is C13H17NO3. The fourth-order valence-electron chi connectivity index (χ4n) is 2.24. The van der Waals surface area contributed by atoms with Crippen molar-refractivity contribution in [1.82, 2.24) is 0 Å². The van der Waals surface area contributed by atoms with Gasteiger partial charge in [0.15, 0.2) is 0 Å². The molecular weight excluding hydrogens is 218 g/mol. The largest absolute Gasteiger partial charge is 0.481 e. The van der Waals surface area contributed by atoms with E-state index < -0.39 is 5.97 Å². The van der Waals surface area contributed by atoms with Gasteiger partial charge in [-0.1, -0.05) is 12.1 Å². The summed E-state index contributed by atoms with van der Waals surface area (Å²) < 4.78 is 5.10. The molecule has 0 aromatic heterocycles. The quantitative estimate of drug-likeness (QED) is 0.843. The normalized spacial score (nSPS) is 13.8. The lowest BCUT2D eigenvalue weighted by atomic mass is 10.1. The van der Waals surface area contributed by atoms with Crippen molar-refractivity contribution in [3.63, 3.8) is 0 Å². The minimum absolute atomic E-state index is 0.194. The van der Waals surface area contributed by atoms with Gasteiger partial charge in [0.05, 0.1) is 13.0 Å². The molecule has 4 heteroatoms. The van der Waals surface area contributed by atoms with Gasteiger partial charge in [-0.2, -0.15) is 0 Å². The van der Waals surface area contributed by atoms with Crippen molar-refractivity contribution in [1.29, 1.82) is 0 Å². The van der Waals surface area contributed by atoms with Crippen molar-refractivity contribution in [3.05, 3.63) is 29.3 Å². The molecule has 2 rings (SSSR count). The van der Waals surface area contributed by atoms with Gasteiger partial charge in [-0.05, 0) is 23.6 Å². The summed E-state index contributed by atoms with van der Waals surface area (Å²) in [4.78, 5) is 12.7. The molecule has 0 radical (unpaired) electrons. The van der Waals surface area contributed by atoms with E-state index in [4.69, 9.17) is 9.84 Å². The highest BCUT2D eigenvalue weighted by Gasteiger charge is 2.19. The molecule has 0 unspecified atom stereocenters. The molecule has 0 amide bonds. The first-order chi connectivity index (χ1) is 8.20. The van der Waals surface area contributed by atoms with Gasteiger partial charge in [-0.3, -0.25) is 4.79 Å². The van der Waals surface area contributed by atoms with Gasteiger partial charge in [0, 0.05) is 25.9 Å². The smallest absolute Gasteiger partial charge is 0.305 e. The van der Waals surface area contributed by atoms with Crippen LogP contribution in [-0.2, 0) is 22.6 Å². The first-order valence-electron chi connectivity index (χ1n) is 5.78. The highest BCUT2D eigenvalue weighted by Crippen LogP contribution is 2.29. The van der Waals surface area contributed by atoms with E-state index in [9.17, 15) is 4.79 Å². The maximum absolute atomic E-state index is 10.6. The average Bonchev–Trinajstić information content (AvgIpc) is 2.69. The Bertz CT molecular complexity index is 417. The fourth-order valence-corrected chi connectivity index (χ4v) is 2.24. The molecule has 0 bridgehead atoms. The zero-order chi connectivity index (χ0) is 12.3. The molecule has 1 aromatic rings. The van der Waals surface area contributed by atoms with E-state index in [0.717, 1.165) is 13.0 Å². The van der Waals surface area contributed by atoms with Crippen molar-refractivity contribution in [3.8, 4) is 0 Å². The lowest BCUT2D eigenvalue weighted by Crippen LogP contribution is -2.23. The van der Waals surface area contributed by atoms with Crippen LogP contribution in [0, 0.1) is 0 Å². The number of hydrogen-bond acceptors (Lipinski definition) is 3. The Morgan fingerprint density at radius 2 is 2.35 bits per heavy atom. The number of fused-ring (bicyclic) bond motifs is 1. The van der Waals surface area contributed by atoms with Crippen molar-refractivity contribution in [2.24, 2.45) is 0 Å². The highest BCUT2D eigenvalue weighted by atomic mass is 16.5. The Balaban J connectivity index is 2.07. The van der Waals surface area contributed by atoms with Crippen LogP contribution in [0.5, 0.6) is 0 Å². The highest BCUT2D eigenvalue weighted by molar-refractivity contribution is 5.68. The number of carboxylic acids is 1. The summed E-state index contributed by atoms with van der Waals surface area (Å²) in [7, 11) is 1.69. The van der Waals surface area contributed by atoms with Crippen molar-refractivity contribution >= 4 is 11.7 Å². The van der Waals surface area contributed by atoms with Gasteiger partial charge in [-0.15, -0.1) is 0 Å². The standard InChI is InChI=1S/C13H17NO3/c1-17-9-10-2-3-12-11(8-10)4-6-14(12)7-5-13(15)16/h2-3,8H,4-7,9H2,1H3,(H,15,16). The van der Waals surface area contributed by atoms with Crippen LogP contribution in [0.3, 0.4) is 0 Å². The number of anilines is 1. The maximum Gasteiger partial charge on any atom is 0.305 e. The molecule has 92 valence electrons. The van der Waals surface area contributed by atoms with Crippen LogP contribution in [0.25, 0.3) is 0 Å². The van der Waals surface area contributed by atoms with Gasteiger partial charge in [-0.25, -0.2) is 0 Å². The number of nitrogens with zero attached hydrogens (tertiary/aromatic N) is 1. The fraction of sp³-hybridized carbons (Fsp3) is 0.462. The van der Waals surface area contributed by atoms with Crippen LogP contribution >= 0.6 is 0 Å². The molecule has 4 nitrogen and oxygen atoms in total. The predicted molar refractivity (Wildman–Crippen MR) is 65.3 cm³/mol. The van der Waals surface area contributed by atoms with E-state index in [0.29, 0.717) is 13.2 Å².